The summed E-state index contributed by atoms with van der Waals surface area (Å²) in [7, 11) is 0. The molecule has 2 saturated carbocycles. The summed E-state index contributed by atoms with van der Waals surface area (Å²) in [5, 5.41) is 8.98. The molecule has 0 bridgehead atoms. The number of nitrogens with zero attached hydrogens (tertiary/aromatic N) is 4. The molecule has 2 aliphatic carbocycles. The van der Waals surface area contributed by atoms with Gasteiger partial charge in [0.2, 0.25) is 11.8 Å². The second kappa shape index (κ2) is 14.5. The second-order valence-corrected chi connectivity index (χ2v) is 14.7. The Balaban J connectivity index is 0.834. The number of anilines is 1. The topological polar surface area (TPSA) is 181 Å². The summed E-state index contributed by atoms with van der Waals surface area (Å²) in [4.78, 5) is 65.6. The molecule has 1 unspecified atom stereocenters. The lowest BCUT2D eigenvalue weighted by Gasteiger charge is -2.32. The van der Waals surface area contributed by atoms with Crippen molar-refractivity contribution >= 4 is 52.1 Å². The van der Waals surface area contributed by atoms with Gasteiger partial charge in [0.25, 0.3) is 11.8 Å². The summed E-state index contributed by atoms with van der Waals surface area (Å²) >= 11 is 0. The highest BCUT2D eigenvalue weighted by molar-refractivity contribution is 6.23. The van der Waals surface area contributed by atoms with Gasteiger partial charge in [-0.1, -0.05) is 0 Å². The normalized spacial score (nSPS) is 24.2. The molecule has 8 rings (SSSR count). The molecule has 2 saturated heterocycles. The van der Waals surface area contributed by atoms with Crippen LogP contribution in [0.3, 0.4) is 0 Å². The molecule has 1 atom stereocenters. The van der Waals surface area contributed by atoms with Crippen molar-refractivity contribution in [3.05, 3.63) is 65.1 Å². The molecular formula is C39H44N8O5. The van der Waals surface area contributed by atoms with Gasteiger partial charge in [-0.25, -0.2) is 4.98 Å². The first kappa shape index (κ1) is 33.9. The number of benzene rings is 2. The number of allylic oxidation sites excluding steroid dienone is 2. The number of ether oxygens (including phenoxy) is 1. The molecule has 0 radical (unpaired) electrons. The predicted molar refractivity (Wildman–Crippen MR) is 196 cm³/mol. The highest BCUT2D eigenvalue weighted by Crippen LogP contribution is 2.38. The average Bonchev–Trinajstić information content (AvgIpc) is 3.95. The number of aliphatic imine (C=N–C) groups is 1. The third kappa shape index (κ3) is 7.14. The summed E-state index contributed by atoms with van der Waals surface area (Å²) in [5.41, 5.74) is 12.0. The lowest BCUT2D eigenvalue weighted by Crippen LogP contribution is -2.54. The number of aromatic nitrogens is 2. The predicted octanol–water partition coefficient (Wildman–Crippen LogP) is 3.98. The average molecular weight is 705 g/mol. The molecule has 5 N–H and O–H groups in total. The first-order chi connectivity index (χ1) is 25.3. The first-order valence-corrected chi connectivity index (χ1v) is 18.6. The van der Waals surface area contributed by atoms with Gasteiger partial charge in [0.1, 0.15) is 17.9 Å². The van der Waals surface area contributed by atoms with Gasteiger partial charge in [0.15, 0.2) is 0 Å². The Bertz CT molecular complexity index is 1980. The first-order valence-electron chi connectivity index (χ1n) is 18.6. The Hall–Kier alpha value is -5.17. The van der Waals surface area contributed by atoms with Crippen LogP contribution in [0.5, 0.6) is 5.75 Å². The Morgan fingerprint density at radius 1 is 0.981 bits per heavy atom. The van der Waals surface area contributed by atoms with Crippen LogP contribution in [0.2, 0.25) is 0 Å². The van der Waals surface area contributed by atoms with Gasteiger partial charge in [-0.3, -0.25) is 39.4 Å². The number of hydrogen-bond donors (Lipinski definition) is 4. The van der Waals surface area contributed by atoms with E-state index < -0.39 is 29.7 Å². The van der Waals surface area contributed by atoms with Crippen LogP contribution in [-0.2, 0) is 9.59 Å². The van der Waals surface area contributed by atoms with Gasteiger partial charge in [0, 0.05) is 42.2 Å². The molecule has 4 amide bonds. The maximum absolute atomic E-state index is 13.1. The number of nitrogens with two attached hydrogens (primary N) is 1. The fraction of sp³-hybridized carbons (Fsp3) is 0.462. The van der Waals surface area contributed by atoms with Gasteiger partial charge >= 0.3 is 0 Å². The zero-order valence-electron chi connectivity index (χ0n) is 29.1. The molecule has 3 aromatic rings. The second-order valence-electron chi connectivity index (χ2n) is 14.7. The summed E-state index contributed by atoms with van der Waals surface area (Å²) in [6.45, 7) is 2.66. The van der Waals surface area contributed by atoms with E-state index in [0.29, 0.717) is 11.8 Å². The van der Waals surface area contributed by atoms with Gasteiger partial charge in [0.05, 0.1) is 40.1 Å². The van der Waals surface area contributed by atoms with Crippen LogP contribution in [0.15, 0.2) is 53.3 Å². The van der Waals surface area contributed by atoms with Crippen LogP contribution in [0.4, 0.5) is 5.69 Å². The number of imide groups is 2. The fourth-order valence-corrected chi connectivity index (χ4v) is 7.65. The van der Waals surface area contributed by atoms with Crippen molar-refractivity contribution in [1.82, 2.24) is 25.5 Å². The van der Waals surface area contributed by atoms with Crippen molar-refractivity contribution in [2.45, 2.75) is 82.4 Å². The van der Waals surface area contributed by atoms with Crippen LogP contribution in [0.1, 0.15) is 90.6 Å². The number of amides is 4. The minimum absolute atomic E-state index is 0.0917. The molecule has 2 aromatic carbocycles. The lowest BCUT2D eigenvalue weighted by atomic mass is 9.78. The number of rotatable bonds is 12. The van der Waals surface area contributed by atoms with Crippen molar-refractivity contribution in [1.29, 1.82) is 0 Å². The smallest absolute Gasteiger partial charge is 0.262 e. The Morgan fingerprint density at radius 2 is 1.79 bits per heavy atom. The van der Waals surface area contributed by atoms with Crippen molar-refractivity contribution in [3.8, 4) is 5.75 Å². The Morgan fingerprint density at radius 3 is 2.58 bits per heavy atom. The molecule has 5 aliphatic rings. The summed E-state index contributed by atoms with van der Waals surface area (Å²) < 4.78 is 6.26. The minimum atomic E-state index is -0.972. The third-order valence-corrected chi connectivity index (χ3v) is 10.9. The van der Waals surface area contributed by atoms with E-state index in [1.807, 2.05) is 24.4 Å². The van der Waals surface area contributed by atoms with Crippen LogP contribution >= 0.6 is 0 Å². The maximum Gasteiger partial charge on any atom is 0.262 e. The van der Waals surface area contributed by atoms with E-state index in [2.05, 4.69) is 16.0 Å². The molecule has 52 heavy (non-hydrogen) atoms. The molecule has 4 heterocycles. The van der Waals surface area contributed by atoms with Crippen LogP contribution in [0, 0.1) is 11.8 Å². The van der Waals surface area contributed by atoms with Crippen LogP contribution in [-0.4, -0.2) is 82.5 Å². The summed E-state index contributed by atoms with van der Waals surface area (Å²) in [6.07, 6.45) is 12.3. The molecule has 13 heteroatoms. The maximum atomic E-state index is 13.1. The van der Waals surface area contributed by atoms with Crippen molar-refractivity contribution in [2.24, 2.45) is 22.6 Å². The quantitative estimate of drug-likeness (QED) is 0.122. The number of hydrogen-bond acceptors (Lipinski definition) is 11. The molecule has 13 nitrogen and oxygen atoms in total. The van der Waals surface area contributed by atoms with E-state index in [1.165, 1.54) is 0 Å². The zero-order valence-corrected chi connectivity index (χ0v) is 29.1. The van der Waals surface area contributed by atoms with Crippen molar-refractivity contribution in [3.63, 3.8) is 0 Å². The van der Waals surface area contributed by atoms with E-state index in [1.54, 1.807) is 24.4 Å². The summed E-state index contributed by atoms with van der Waals surface area (Å²) in [6, 6.07) is 10.3. The summed E-state index contributed by atoms with van der Waals surface area (Å²) in [5.74, 6) is -0.253. The lowest BCUT2D eigenvalue weighted by molar-refractivity contribution is -0.136. The van der Waals surface area contributed by atoms with E-state index >= 15 is 0 Å². The van der Waals surface area contributed by atoms with E-state index in [9.17, 15) is 19.2 Å². The highest BCUT2D eigenvalue weighted by atomic mass is 16.5. The molecule has 4 fully saturated rings. The van der Waals surface area contributed by atoms with Crippen molar-refractivity contribution in [2.75, 3.05) is 25.0 Å². The number of piperidine rings is 2. The third-order valence-electron chi connectivity index (χ3n) is 10.9. The highest BCUT2D eigenvalue weighted by Gasteiger charge is 2.44. The zero-order chi connectivity index (χ0) is 35.8. The largest absolute Gasteiger partial charge is 0.490 e. The molecule has 0 spiro atoms. The van der Waals surface area contributed by atoms with Crippen LogP contribution < -0.4 is 26.4 Å². The van der Waals surface area contributed by atoms with Gasteiger partial charge in [-0.15, -0.1) is 0 Å². The Kier molecular flexibility index (Phi) is 9.43. The van der Waals surface area contributed by atoms with E-state index in [4.69, 9.17) is 25.4 Å². The molecule has 270 valence electrons. The van der Waals surface area contributed by atoms with E-state index in [0.717, 1.165) is 115 Å². The SMILES string of the molecule is NC(=C(C=NC1CC(CCCNc2ccc3c(c2)C(=O)N(C2CCC(=O)NC2=O)C3=O)C1)c1cnc2ccc(OC3CCNCC3)cc2n1)C1CC1. The minimum Gasteiger partial charge on any atom is -0.490 e. The Labute approximate surface area is 301 Å². The van der Waals surface area contributed by atoms with Gasteiger partial charge in [-0.2, -0.15) is 0 Å². The number of nitrogens with one attached hydrogen (secondary N) is 3. The van der Waals surface area contributed by atoms with Crippen LogP contribution in [0.25, 0.3) is 16.6 Å². The number of carbonyl (C=O) groups is 4. The molecular weight excluding hydrogens is 660 g/mol. The van der Waals surface area contributed by atoms with Gasteiger partial charge in [-0.05, 0) is 113 Å². The van der Waals surface area contributed by atoms with E-state index in [-0.39, 0.29) is 36.1 Å². The fourth-order valence-electron chi connectivity index (χ4n) is 7.65. The molecule has 1 aromatic heterocycles. The molecule has 3 aliphatic heterocycles. The van der Waals surface area contributed by atoms with Crippen molar-refractivity contribution < 1.29 is 23.9 Å². The standard InChI is InChI=1S/C39H44N8O5/c40-36(23-3-4-23)30(33-21-44-31-8-6-27(19-32(31)45-33)52-26-11-14-41-15-12-26)20-43-25-16-22(17-25)2-1-13-42-24-5-7-28-29(18-24)39(51)47(38(28)50)34-9-10-35(48)46-37(34)49/h5-8,18-23,25-26,34,41-42H,1-4,9-17,40H2,(H,46,48,49). The number of carbonyl (C=O) groups excluding carboxylic acids is 4. The van der Waals surface area contributed by atoms with Gasteiger partial charge < -0.3 is 21.1 Å². The monoisotopic (exact) mass is 704 g/mol. The number of fused-ring (bicyclic) bond motifs is 2.